The number of methoxy groups -OCH3 is 1. The average Bonchev–Trinajstić information content (AvgIpc) is 3.69. The first-order valence-electron chi connectivity index (χ1n) is 13.6. The summed E-state index contributed by atoms with van der Waals surface area (Å²) >= 11 is 0. The summed E-state index contributed by atoms with van der Waals surface area (Å²) < 4.78 is 45.3. The number of H-pyrrole nitrogens is 1. The fraction of sp³-hybridized carbons (Fsp3) is 0.414. The maximum absolute atomic E-state index is 13.4. The number of hydrogen-bond donors (Lipinski definition) is 1. The van der Waals surface area contributed by atoms with Crippen molar-refractivity contribution in [2.75, 3.05) is 33.3 Å². The number of nitrogens with zero attached hydrogens (tertiary/aromatic N) is 6. The van der Waals surface area contributed by atoms with E-state index in [-0.39, 0.29) is 12.8 Å². The lowest BCUT2D eigenvalue weighted by atomic mass is 10.0. The molecule has 6 rings (SSSR count). The van der Waals surface area contributed by atoms with Gasteiger partial charge >= 0.3 is 6.18 Å². The third kappa shape index (κ3) is 5.66. The molecule has 0 spiro atoms. The van der Waals surface area contributed by atoms with Crippen LogP contribution in [0.2, 0.25) is 0 Å². The van der Waals surface area contributed by atoms with Crippen LogP contribution in [-0.4, -0.2) is 80.1 Å². The summed E-state index contributed by atoms with van der Waals surface area (Å²) in [5.41, 5.74) is 4.06. The number of aromatic nitrogens is 5. The van der Waals surface area contributed by atoms with Crippen LogP contribution in [0.5, 0.6) is 0 Å². The molecule has 1 saturated carbocycles. The van der Waals surface area contributed by atoms with Gasteiger partial charge < -0.3 is 14.6 Å². The van der Waals surface area contributed by atoms with Gasteiger partial charge in [-0.05, 0) is 48.7 Å². The third-order valence-corrected chi connectivity index (χ3v) is 7.84. The van der Waals surface area contributed by atoms with E-state index in [9.17, 15) is 18.0 Å². The summed E-state index contributed by atoms with van der Waals surface area (Å²) in [6.45, 7) is 2.72. The number of benzene rings is 1. The normalized spacial score (nSPS) is 17.2. The van der Waals surface area contributed by atoms with Gasteiger partial charge in [0.25, 0.3) is 0 Å². The molecule has 1 aromatic carbocycles. The first kappa shape index (κ1) is 27.3. The summed E-state index contributed by atoms with van der Waals surface area (Å²) in [6, 6.07) is 11.8. The van der Waals surface area contributed by atoms with E-state index in [1.165, 1.54) is 11.2 Å². The quantitative estimate of drug-likeness (QED) is 0.343. The molecule has 41 heavy (non-hydrogen) atoms. The second kappa shape index (κ2) is 10.8. The molecule has 0 unspecified atom stereocenters. The van der Waals surface area contributed by atoms with Crippen LogP contribution in [-0.2, 0) is 29.1 Å². The minimum absolute atomic E-state index is 0.0978. The molecule has 1 amide bonds. The van der Waals surface area contributed by atoms with Crippen molar-refractivity contribution in [2.24, 2.45) is 5.41 Å². The number of carbonyl (C=O) groups excluding carboxylic acids is 1. The molecule has 3 aromatic heterocycles. The average molecular weight is 566 g/mol. The molecule has 214 valence electrons. The highest BCUT2D eigenvalue weighted by molar-refractivity contribution is 5.86. The van der Waals surface area contributed by atoms with E-state index < -0.39 is 17.5 Å². The first-order valence-corrected chi connectivity index (χ1v) is 13.6. The lowest BCUT2D eigenvalue weighted by Gasteiger charge is -2.37. The van der Waals surface area contributed by atoms with Crippen LogP contribution in [0.4, 0.5) is 13.2 Å². The minimum Gasteiger partial charge on any atom is -0.378 e. The molecular weight excluding hydrogens is 535 g/mol. The number of imidazole rings is 1. The molecule has 0 bridgehead atoms. The van der Waals surface area contributed by atoms with Crippen LogP contribution in [0.15, 0.2) is 48.9 Å². The summed E-state index contributed by atoms with van der Waals surface area (Å²) in [4.78, 5) is 37.3. The number of fused-ring (bicyclic) bond motifs is 1. The fourth-order valence-electron chi connectivity index (χ4n) is 5.40. The third-order valence-electron chi connectivity index (χ3n) is 7.84. The first-order chi connectivity index (χ1) is 19.7. The van der Waals surface area contributed by atoms with Gasteiger partial charge in [-0.15, -0.1) is 0 Å². The van der Waals surface area contributed by atoms with E-state index >= 15 is 0 Å². The Morgan fingerprint density at radius 3 is 2.56 bits per heavy atom. The van der Waals surface area contributed by atoms with Gasteiger partial charge in [-0.2, -0.15) is 13.2 Å². The Kier molecular flexibility index (Phi) is 7.20. The van der Waals surface area contributed by atoms with Gasteiger partial charge in [0.2, 0.25) is 5.91 Å². The number of halogens is 3. The molecule has 0 radical (unpaired) electrons. The van der Waals surface area contributed by atoms with E-state index in [1.54, 1.807) is 13.3 Å². The molecule has 1 N–H and O–H groups in total. The maximum atomic E-state index is 13.4. The largest absolute Gasteiger partial charge is 0.403 e. The van der Waals surface area contributed by atoms with Crippen molar-refractivity contribution in [1.29, 1.82) is 0 Å². The highest BCUT2D eigenvalue weighted by Crippen LogP contribution is 2.58. The van der Waals surface area contributed by atoms with Gasteiger partial charge in [0.05, 0.1) is 29.0 Å². The van der Waals surface area contributed by atoms with Crippen molar-refractivity contribution in [3.8, 4) is 11.3 Å². The summed E-state index contributed by atoms with van der Waals surface area (Å²) in [5.74, 6) is 0.0250. The van der Waals surface area contributed by atoms with Crippen LogP contribution >= 0.6 is 0 Å². The number of alkyl halides is 3. The second-order valence-electron chi connectivity index (χ2n) is 10.7. The van der Waals surface area contributed by atoms with E-state index in [2.05, 4.69) is 24.8 Å². The van der Waals surface area contributed by atoms with Crippen LogP contribution < -0.4 is 0 Å². The van der Waals surface area contributed by atoms with Gasteiger partial charge in [0, 0.05) is 63.7 Å². The second-order valence-corrected chi connectivity index (χ2v) is 10.7. The van der Waals surface area contributed by atoms with Crippen molar-refractivity contribution < 1.29 is 22.7 Å². The molecule has 4 aromatic rings. The number of hydrogen-bond acceptors (Lipinski definition) is 7. The Morgan fingerprint density at radius 2 is 1.83 bits per heavy atom. The molecule has 1 saturated heterocycles. The van der Waals surface area contributed by atoms with Crippen LogP contribution in [0.1, 0.15) is 35.6 Å². The van der Waals surface area contributed by atoms with Gasteiger partial charge in [-0.3, -0.25) is 14.7 Å². The van der Waals surface area contributed by atoms with E-state index in [0.29, 0.717) is 45.8 Å². The predicted octanol–water partition coefficient (Wildman–Crippen LogP) is 4.14. The molecule has 1 aliphatic carbocycles. The van der Waals surface area contributed by atoms with Crippen molar-refractivity contribution >= 4 is 16.9 Å². The van der Waals surface area contributed by atoms with E-state index in [1.807, 2.05) is 36.4 Å². The molecule has 2 fully saturated rings. The number of amides is 1. The minimum atomic E-state index is -4.47. The zero-order valence-electron chi connectivity index (χ0n) is 22.6. The summed E-state index contributed by atoms with van der Waals surface area (Å²) in [7, 11) is 1.63. The number of ether oxygens (including phenoxy) is 1. The molecule has 0 atom stereocenters. The molecule has 12 heteroatoms. The van der Waals surface area contributed by atoms with E-state index in [4.69, 9.17) is 9.72 Å². The Hall–Kier alpha value is -3.90. The standard InChI is InChI=1S/C29H30F3N7O2/c1-41-17-22-14-24(35-18-34-22)20-2-3-23-25(13-20)37-26(36-23)15-21-12-19(4-7-33-21)16-38-8-10-39(11-9-38)27(40)28(5-6-28)29(30,31)32/h2-4,7,12-14,18H,5-6,8-11,15-17H2,1H3,(H,36,37). The van der Waals surface area contributed by atoms with Crippen molar-refractivity contribution in [3.63, 3.8) is 0 Å². The fourth-order valence-corrected chi connectivity index (χ4v) is 5.40. The topological polar surface area (TPSA) is 100 Å². The Labute approximate surface area is 234 Å². The number of nitrogens with one attached hydrogen (secondary N) is 1. The molecule has 4 heterocycles. The molecule has 9 nitrogen and oxygen atoms in total. The highest BCUT2D eigenvalue weighted by atomic mass is 19.4. The molecule has 1 aliphatic heterocycles. The molecular formula is C29H30F3N7O2. The maximum Gasteiger partial charge on any atom is 0.403 e. The lowest BCUT2D eigenvalue weighted by molar-refractivity contribution is -0.199. The van der Waals surface area contributed by atoms with Crippen LogP contribution in [0, 0.1) is 5.41 Å². The van der Waals surface area contributed by atoms with Crippen molar-refractivity contribution in [1.82, 2.24) is 34.7 Å². The number of rotatable bonds is 8. The Balaban J connectivity index is 1.08. The Bertz CT molecular complexity index is 1560. The zero-order chi connectivity index (χ0) is 28.6. The Morgan fingerprint density at radius 1 is 1.02 bits per heavy atom. The lowest BCUT2D eigenvalue weighted by Crippen LogP contribution is -2.52. The van der Waals surface area contributed by atoms with Crippen LogP contribution in [0.3, 0.4) is 0 Å². The number of carbonyl (C=O) groups is 1. The van der Waals surface area contributed by atoms with Gasteiger partial charge in [-0.25, -0.2) is 15.0 Å². The SMILES string of the molecule is COCc1cc(-c2ccc3nc(Cc4cc(CN5CCN(C(=O)C6(C(F)(F)F)CC6)CC5)ccn4)[nH]c3c2)ncn1. The zero-order valence-corrected chi connectivity index (χ0v) is 22.6. The highest BCUT2D eigenvalue weighted by Gasteiger charge is 2.69. The number of aromatic amines is 1. The van der Waals surface area contributed by atoms with Gasteiger partial charge in [0.15, 0.2) is 0 Å². The summed E-state index contributed by atoms with van der Waals surface area (Å²) in [6.07, 6.45) is -0.856. The molecule has 2 aliphatic rings. The van der Waals surface area contributed by atoms with Crippen LogP contribution in [0.25, 0.3) is 22.3 Å². The predicted molar refractivity (Wildman–Crippen MR) is 144 cm³/mol. The number of piperazine rings is 1. The van der Waals surface area contributed by atoms with Crippen molar-refractivity contribution in [3.05, 3.63) is 71.7 Å². The summed E-state index contributed by atoms with van der Waals surface area (Å²) in [5, 5.41) is 0. The van der Waals surface area contributed by atoms with E-state index in [0.717, 1.165) is 45.1 Å². The van der Waals surface area contributed by atoms with Gasteiger partial charge in [-0.1, -0.05) is 6.07 Å². The van der Waals surface area contributed by atoms with Crippen molar-refractivity contribution in [2.45, 2.75) is 38.6 Å². The number of pyridine rings is 1. The monoisotopic (exact) mass is 565 g/mol. The van der Waals surface area contributed by atoms with Gasteiger partial charge in [0.1, 0.15) is 17.6 Å². The smallest absolute Gasteiger partial charge is 0.378 e.